The lowest BCUT2D eigenvalue weighted by Gasteiger charge is -2.32. The van der Waals surface area contributed by atoms with Gasteiger partial charge in [-0.05, 0) is 12.8 Å². The lowest BCUT2D eigenvalue weighted by Crippen LogP contribution is -2.43. The number of aliphatic hydroxyl groups is 2. The number of unbranched alkanes of at least 4 members (excludes halogenated alkanes) is 2. The lowest BCUT2D eigenvalue weighted by atomic mass is 9.79. The van der Waals surface area contributed by atoms with Crippen LogP contribution in [0.2, 0.25) is 0 Å². The van der Waals surface area contributed by atoms with Crippen LogP contribution in [0.25, 0.3) is 0 Å². The van der Waals surface area contributed by atoms with Gasteiger partial charge in [0.2, 0.25) is 0 Å². The van der Waals surface area contributed by atoms with Gasteiger partial charge < -0.3 is 15.3 Å². The zero-order valence-electron chi connectivity index (χ0n) is 9.73. The molecule has 0 radical (unpaired) electrons. The molecule has 0 unspecified atom stereocenters. The standard InChI is InChI=1S/C11H19NO4/c1-10(2,11(15,16)8-12)7-5-3-4-6-9(13)14/h15-16H,3-7H2,1-2H3,(H,13,14). The van der Waals surface area contributed by atoms with Crippen molar-refractivity contribution >= 4 is 5.97 Å². The minimum absolute atomic E-state index is 0.127. The summed E-state index contributed by atoms with van der Waals surface area (Å²) in [5.41, 5.74) is -0.912. The van der Waals surface area contributed by atoms with Crippen LogP contribution in [-0.2, 0) is 4.79 Å². The van der Waals surface area contributed by atoms with Crippen molar-refractivity contribution in [3.05, 3.63) is 0 Å². The highest BCUT2D eigenvalue weighted by Crippen LogP contribution is 2.34. The molecule has 5 nitrogen and oxygen atoms in total. The maximum atomic E-state index is 10.2. The van der Waals surface area contributed by atoms with Gasteiger partial charge in [-0.15, -0.1) is 0 Å². The van der Waals surface area contributed by atoms with Gasteiger partial charge in [0.1, 0.15) is 6.07 Å². The Morgan fingerprint density at radius 2 is 1.81 bits per heavy atom. The largest absolute Gasteiger partial charge is 0.481 e. The van der Waals surface area contributed by atoms with E-state index in [9.17, 15) is 15.0 Å². The van der Waals surface area contributed by atoms with Crippen LogP contribution in [0, 0.1) is 16.7 Å². The molecular weight excluding hydrogens is 210 g/mol. The number of nitriles is 1. The number of nitrogens with zero attached hydrogens (tertiary/aromatic N) is 1. The summed E-state index contributed by atoms with van der Waals surface area (Å²) in [4.78, 5) is 10.2. The van der Waals surface area contributed by atoms with Gasteiger partial charge in [0.05, 0.1) is 0 Å². The normalized spacial score (nSPS) is 12.2. The first-order chi connectivity index (χ1) is 7.23. The topological polar surface area (TPSA) is 102 Å². The Balaban J connectivity index is 3.93. The second-order valence-corrected chi connectivity index (χ2v) is 4.62. The second-order valence-electron chi connectivity index (χ2n) is 4.62. The van der Waals surface area contributed by atoms with Gasteiger partial charge in [0, 0.05) is 11.8 Å². The summed E-state index contributed by atoms with van der Waals surface area (Å²) in [6.07, 6.45) is 2.54. The van der Waals surface area contributed by atoms with Crippen LogP contribution in [0.15, 0.2) is 0 Å². The van der Waals surface area contributed by atoms with E-state index >= 15 is 0 Å². The molecule has 0 aliphatic rings. The average Bonchev–Trinajstić information content (AvgIpc) is 2.16. The summed E-state index contributed by atoms with van der Waals surface area (Å²) in [5.74, 6) is -3.16. The van der Waals surface area contributed by atoms with E-state index in [1.54, 1.807) is 13.8 Å². The highest BCUT2D eigenvalue weighted by Gasteiger charge is 2.41. The van der Waals surface area contributed by atoms with Crippen molar-refractivity contribution in [1.29, 1.82) is 5.26 Å². The van der Waals surface area contributed by atoms with Gasteiger partial charge in [-0.2, -0.15) is 5.26 Å². The third-order valence-corrected chi connectivity index (χ3v) is 2.79. The molecule has 0 saturated carbocycles. The minimum Gasteiger partial charge on any atom is -0.481 e. The van der Waals surface area contributed by atoms with Crippen LogP contribution in [0.1, 0.15) is 46.0 Å². The fraction of sp³-hybridized carbons (Fsp3) is 0.818. The molecule has 16 heavy (non-hydrogen) atoms. The van der Waals surface area contributed by atoms with Crippen molar-refractivity contribution in [1.82, 2.24) is 0 Å². The smallest absolute Gasteiger partial charge is 0.303 e. The SMILES string of the molecule is CC(C)(CCCCCC(=O)O)C(O)(O)C#N. The number of carboxylic acid groups (broad SMARTS) is 1. The van der Waals surface area contributed by atoms with Crippen molar-refractivity contribution in [3.63, 3.8) is 0 Å². The zero-order chi connectivity index (χ0) is 12.8. The summed E-state index contributed by atoms with van der Waals surface area (Å²) in [6.45, 7) is 3.21. The Hall–Kier alpha value is -1.12. The van der Waals surface area contributed by atoms with Crippen molar-refractivity contribution in [3.8, 4) is 6.07 Å². The number of carbonyl (C=O) groups is 1. The Bertz CT molecular complexity index is 278. The van der Waals surface area contributed by atoms with E-state index < -0.39 is 17.2 Å². The summed E-state index contributed by atoms with van der Waals surface area (Å²) >= 11 is 0. The fourth-order valence-corrected chi connectivity index (χ4v) is 1.35. The molecule has 0 aliphatic heterocycles. The molecule has 0 amide bonds. The van der Waals surface area contributed by atoms with E-state index in [0.717, 1.165) is 0 Å². The highest BCUT2D eigenvalue weighted by atomic mass is 16.5. The van der Waals surface area contributed by atoms with Crippen molar-refractivity contribution in [2.45, 2.75) is 51.7 Å². The van der Waals surface area contributed by atoms with Gasteiger partial charge in [-0.25, -0.2) is 0 Å². The van der Waals surface area contributed by atoms with Crippen LogP contribution < -0.4 is 0 Å². The van der Waals surface area contributed by atoms with Crippen molar-refractivity contribution < 1.29 is 20.1 Å². The third kappa shape index (κ3) is 4.60. The number of rotatable bonds is 7. The molecule has 0 aromatic heterocycles. The van der Waals surface area contributed by atoms with Gasteiger partial charge in [0.25, 0.3) is 5.79 Å². The fourth-order valence-electron chi connectivity index (χ4n) is 1.35. The molecule has 0 fully saturated rings. The van der Waals surface area contributed by atoms with E-state index in [-0.39, 0.29) is 6.42 Å². The summed E-state index contributed by atoms with van der Waals surface area (Å²) in [7, 11) is 0. The first kappa shape index (κ1) is 14.9. The number of hydrogen-bond acceptors (Lipinski definition) is 4. The monoisotopic (exact) mass is 229 g/mol. The molecule has 3 N–H and O–H groups in total. The predicted octanol–water partition coefficient (Wildman–Crippen LogP) is 1.25. The number of carboxylic acids is 1. The quantitative estimate of drug-likeness (QED) is 0.346. The molecule has 0 spiro atoms. The van der Waals surface area contributed by atoms with Crippen molar-refractivity contribution in [2.24, 2.45) is 5.41 Å². The van der Waals surface area contributed by atoms with Crippen LogP contribution in [0.4, 0.5) is 0 Å². The molecule has 0 saturated heterocycles. The molecular formula is C11H19NO4. The molecule has 0 heterocycles. The minimum atomic E-state index is -2.33. The Labute approximate surface area is 95.3 Å². The predicted molar refractivity (Wildman–Crippen MR) is 57.3 cm³/mol. The molecule has 0 atom stereocenters. The first-order valence-electron chi connectivity index (χ1n) is 5.31. The van der Waals surface area contributed by atoms with Gasteiger partial charge in [-0.1, -0.05) is 26.7 Å². The van der Waals surface area contributed by atoms with Gasteiger partial charge in [-0.3, -0.25) is 4.79 Å². The zero-order valence-corrected chi connectivity index (χ0v) is 9.73. The van der Waals surface area contributed by atoms with E-state index in [0.29, 0.717) is 25.7 Å². The average molecular weight is 229 g/mol. The van der Waals surface area contributed by atoms with Crippen LogP contribution in [0.3, 0.4) is 0 Å². The lowest BCUT2D eigenvalue weighted by molar-refractivity contribution is -0.190. The number of aliphatic carboxylic acids is 1. The second kappa shape index (κ2) is 5.83. The van der Waals surface area contributed by atoms with E-state index in [4.69, 9.17) is 10.4 Å². The maximum Gasteiger partial charge on any atom is 0.303 e. The molecule has 92 valence electrons. The summed E-state index contributed by atoms with van der Waals surface area (Å²) in [5, 5.41) is 35.8. The Morgan fingerprint density at radius 3 is 2.25 bits per heavy atom. The highest BCUT2D eigenvalue weighted by molar-refractivity contribution is 5.66. The maximum absolute atomic E-state index is 10.2. The Morgan fingerprint density at radius 1 is 1.25 bits per heavy atom. The number of hydrogen-bond donors (Lipinski definition) is 3. The van der Waals surface area contributed by atoms with Gasteiger partial charge in [0.15, 0.2) is 0 Å². The third-order valence-electron chi connectivity index (χ3n) is 2.79. The summed E-state index contributed by atoms with van der Waals surface area (Å²) in [6, 6.07) is 1.46. The van der Waals surface area contributed by atoms with E-state index in [1.807, 2.05) is 0 Å². The summed E-state index contributed by atoms with van der Waals surface area (Å²) < 4.78 is 0. The molecule has 0 bridgehead atoms. The molecule has 5 heteroatoms. The van der Waals surface area contributed by atoms with E-state index in [1.165, 1.54) is 6.07 Å². The Kier molecular flexibility index (Phi) is 5.42. The van der Waals surface area contributed by atoms with E-state index in [2.05, 4.69) is 0 Å². The molecule has 0 aromatic rings. The van der Waals surface area contributed by atoms with Crippen LogP contribution in [0.5, 0.6) is 0 Å². The molecule has 0 aromatic carbocycles. The first-order valence-corrected chi connectivity index (χ1v) is 5.31. The van der Waals surface area contributed by atoms with Crippen LogP contribution >= 0.6 is 0 Å². The van der Waals surface area contributed by atoms with Crippen molar-refractivity contribution in [2.75, 3.05) is 0 Å². The molecule has 0 aliphatic carbocycles. The molecule has 0 rings (SSSR count). The van der Waals surface area contributed by atoms with Crippen LogP contribution in [-0.4, -0.2) is 27.1 Å². The van der Waals surface area contributed by atoms with Gasteiger partial charge >= 0.3 is 5.97 Å².